The minimum atomic E-state index is -1.22. The Labute approximate surface area is 261 Å². The molecular weight excluding hydrogens is 588 g/mol. The van der Waals surface area contributed by atoms with E-state index in [0.717, 1.165) is 5.56 Å². The van der Waals surface area contributed by atoms with Gasteiger partial charge in [0.25, 0.3) is 5.91 Å². The van der Waals surface area contributed by atoms with Crippen LogP contribution in [0.3, 0.4) is 0 Å². The predicted molar refractivity (Wildman–Crippen MR) is 167 cm³/mol. The number of nitrogens with zero attached hydrogens (tertiary/aromatic N) is 1. The van der Waals surface area contributed by atoms with Gasteiger partial charge < -0.3 is 34.6 Å². The number of rotatable bonds is 12. The number of carbonyl (C=O) groups excluding carboxylic acids is 2. The van der Waals surface area contributed by atoms with E-state index in [2.05, 4.69) is 5.32 Å². The van der Waals surface area contributed by atoms with Gasteiger partial charge in [0, 0.05) is 52.5 Å². The molecule has 3 N–H and O–H groups in total. The maximum absolute atomic E-state index is 14.2. The molecule has 1 aliphatic rings. The van der Waals surface area contributed by atoms with Crippen LogP contribution in [-0.2, 0) is 25.5 Å². The van der Waals surface area contributed by atoms with E-state index in [0.29, 0.717) is 45.4 Å². The summed E-state index contributed by atoms with van der Waals surface area (Å²) in [6.45, 7) is 3.65. The quantitative estimate of drug-likeness (QED) is 0.249. The number of benzene rings is 3. The summed E-state index contributed by atoms with van der Waals surface area (Å²) in [5.41, 5.74) is 2.35. The Bertz CT molecular complexity index is 1510. The molecular formula is C33H37ClN2O8. The number of aliphatic carboxylic acids is 1. The van der Waals surface area contributed by atoms with Gasteiger partial charge >= 0.3 is 5.97 Å². The van der Waals surface area contributed by atoms with Gasteiger partial charge in [-0.25, -0.2) is 0 Å². The number of aliphatic hydroxyl groups excluding tert-OH is 1. The van der Waals surface area contributed by atoms with Crippen molar-refractivity contribution < 1.29 is 38.8 Å². The van der Waals surface area contributed by atoms with Crippen LogP contribution in [0.4, 0.5) is 11.4 Å². The number of amides is 2. The molecule has 0 fully saturated rings. The first-order valence-electron chi connectivity index (χ1n) is 14.1. The largest absolute Gasteiger partial charge is 0.493 e. The van der Waals surface area contributed by atoms with Crippen LogP contribution in [0, 0.1) is 5.41 Å². The molecule has 0 saturated heterocycles. The molecule has 0 unspecified atom stereocenters. The van der Waals surface area contributed by atoms with Crippen molar-refractivity contribution in [1.29, 1.82) is 0 Å². The highest BCUT2D eigenvalue weighted by molar-refractivity contribution is 6.30. The van der Waals surface area contributed by atoms with E-state index in [9.17, 15) is 19.5 Å². The van der Waals surface area contributed by atoms with E-state index < -0.39 is 35.4 Å². The van der Waals surface area contributed by atoms with Crippen LogP contribution in [0.25, 0.3) is 0 Å². The predicted octanol–water partition coefficient (Wildman–Crippen LogP) is 5.24. The van der Waals surface area contributed by atoms with Crippen molar-refractivity contribution in [2.45, 2.75) is 45.3 Å². The fourth-order valence-electron chi connectivity index (χ4n) is 5.09. The Balaban J connectivity index is 1.72. The fourth-order valence-corrected chi connectivity index (χ4v) is 5.27. The molecule has 0 radical (unpaired) electrons. The third-order valence-corrected chi connectivity index (χ3v) is 7.61. The van der Waals surface area contributed by atoms with Crippen molar-refractivity contribution in [2.75, 3.05) is 37.6 Å². The highest BCUT2D eigenvalue weighted by Crippen LogP contribution is 2.45. The summed E-state index contributed by atoms with van der Waals surface area (Å²) in [6, 6.07) is 17.3. The van der Waals surface area contributed by atoms with Crippen LogP contribution in [0.1, 0.15) is 49.5 Å². The number of fused-ring (bicyclic) bond motifs is 1. The van der Waals surface area contributed by atoms with E-state index >= 15 is 0 Å². The van der Waals surface area contributed by atoms with Crippen molar-refractivity contribution in [2.24, 2.45) is 5.41 Å². The summed E-state index contributed by atoms with van der Waals surface area (Å²) in [7, 11) is 3.03. The third-order valence-electron chi connectivity index (χ3n) is 7.37. The minimum absolute atomic E-state index is 0.00324. The third kappa shape index (κ3) is 7.68. The number of carboxylic acids is 1. The zero-order chi connectivity index (χ0) is 32.0. The number of carboxylic acid groups (broad SMARTS) is 1. The maximum Gasteiger partial charge on any atom is 0.303 e. The minimum Gasteiger partial charge on any atom is -0.493 e. The summed E-state index contributed by atoms with van der Waals surface area (Å²) in [6.07, 6.45) is -2.02. The van der Waals surface area contributed by atoms with Gasteiger partial charge in [-0.3, -0.25) is 14.4 Å². The molecule has 0 spiro atoms. The van der Waals surface area contributed by atoms with E-state index in [1.165, 1.54) is 14.2 Å². The van der Waals surface area contributed by atoms with Crippen LogP contribution in [0.15, 0.2) is 60.7 Å². The number of ether oxygens (including phenoxy) is 3. The molecule has 234 valence electrons. The maximum atomic E-state index is 14.2. The van der Waals surface area contributed by atoms with Crippen molar-refractivity contribution in [3.63, 3.8) is 0 Å². The standard InChI is InChI=1S/C33H37ClN2O8/c1-33(2,19-37)18-36-25-14-11-21(34)16-24(25)30(23-6-5-7-26(42-3)31(23)43-4)44-27(32(36)41)17-28(38)35-22-12-8-20(9-13-22)10-15-29(39)40/h5-9,11-14,16,27,30,37H,10,15,17-19H2,1-4H3,(H,35,38)(H,39,40)/t27-,30-/m1/s1. The van der Waals surface area contributed by atoms with Gasteiger partial charge in [-0.2, -0.15) is 0 Å². The van der Waals surface area contributed by atoms with Crippen LogP contribution in [0.2, 0.25) is 5.02 Å². The smallest absolute Gasteiger partial charge is 0.303 e. The lowest BCUT2D eigenvalue weighted by atomic mass is 9.92. The number of hydrogen-bond acceptors (Lipinski definition) is 7. The lowest BCUT2D eigenvalue weighted by Gasteiger charge is -2.32. The van der Waals surface area contributed by atoms with Gasteiger partial charge in [0.15, 0.2) is 11.5 Å². The molecule has 0 aliphatic carbocycles. The lowest BCUT2D eigenvalue weighted by Crippen LogP contribution is -2.46. The molecule has 4 rings (SSSR count). The van der Waals surface area contributed by atoms with E-state index in [4.69, 9.17) is 30.9 Å². The van der Waals surface area contributed by atoms with Crippen molar-refractivity contribution in [3.05, 3.63) is 82.4 Å². The Kier molecular flexibility index (Phi) is 10.5. The molecule has 0 aromatic heterocycles. The van der Waals surface area contributed by atoms with E-state index in [1.807, 2.05) is 13.8 Å². The Morgan fingerprint density at radius 1 is 1.05 bits per heavy atom. The number of anilines is 2. The first-order valence-corrected chi connectivity index (χ1v) is 14.5. The normalized spacial score (nSPS) is 16.6. The SMILES string of the molecule is COc1cccc([C@H]2O[C@H](CC(=O)Nc3ccc(CCC(=O)O)cc3)C(=O)N(CC(C)(C)CO)c3ccc(Cl)cc32)c1OC. The van der Waals surface area contributed by atoms with Crippen LogP contribution < -0.4 is 19.7 Å². The van der Waals surface area contributed by atoms with Gasteiger partial charge in [-0.15, -0.1) is 0 Å². The van der Waals surface area contributed by atoms with Gasteiger partial charge in [-0.1, -0.05) is 49.7 Å². The molecule has 1 heterocycles. The highest BCUT2D eigenvalue weighted by atomic mass is 35.5. The molecule has 2 amide bonds. The molecule has 44 heavy (non-hydrogen) atoms. The molecule has 10 nitrogen and oxygen atoms in total. The van der Waals surface area contributed by atoms with Crippen LogP contribution in [0.5, 0.6) is 11.5 Å². The Morgan fingerprint density at radius 2 is 1.77 bits per heavy atom. The summed E-state index contributed by atoms with van der Waals surface area (Å²) in [5, 5.41) is 22.2. The second-order valence-corrected chi connectivity index (χ2v) is 11.8. The van der Waals surface area contributed by atoms with Crippen LogP contribution in [-0.4, -0.2) is 61.5 Å². The van der Waals surface area contributed by atoms with Gasteiger partial charge in [0.2, 0.25) is 5.91 Å². The number of aliphatic hydroxyl groups is 1. The van der Waals surface area contributed by atoms with Crippen molar-refractivity contribution in [3.8, 4) is 11.5 Å². The average molecular weight is 625 g/mol. The van der Waals surface area contributed by atoms with Crippen molar-refractivity contribution in [1.82, 2.24) is 0 Å². The lowest BCUT2D eigenvalue weighted by molar-refractivity contribution is -0.137. The number of carbonyl (C=O) groups is 3. The zero-order valence-electron chi connectivity index (χ0n) is 25.1. The average Bonchev–Trinajstić information content (AvgIpc) is 3.10. The molecule has 0 saturated carbocycles. The fraction of sp³-hybridized carbons (Fsp3) is 0.364. The number of halogens is 1. The second-order valence-electron chi connectivity index (χ2n) is 11.4. The second kappa shape index (κ2) is 14.1. The highest BCUT2D eigenvalue weighted by Gasteiger charge is 2.40. The molecule has 2 atom stereocenters. The number of hydrogen-bond donors (Lipinski definition) is 3. The number of nitrogens with one attached hydrogen (secondary N) is 1. The first kappa shape index (κ1) is 32.8. The molecule has 3 aromatic carbocycles. The first-order chi connectivity index (χ1) is 21.0. The van der Waals surface area contributed by atoms with E-state index in [-0.39, 0.29) is 26.0 Å². The number of methoxy groups -OCH3 is 2. The molecule has 3 aromatic rings. The van der Waals surface area contributed by atoms with Gasteiger partial charge in [-0.05, 0) is 48.4 Å². The summed E-state index contributed by atoms with van der Waals surface area (Å²) >= 11 is 6.47. The summed E-state index contributed by atoms with van der Waals surface area (Å²) in [4.78, 5) is 40.0. The summed E-state index contributed by atoms with van der Waals surface area (Å²) in [5.74, 6) is -0.913. The molecule has 11 heteroatoms. The van der Waals surface area contributed by atoms with Crippen molar-refractivity contribution >= 4 is 40.8 Å². The monoisotopic (exact) mass is 624 g/mol. The van der Waals surface area contributed by atoms with Gasteiger partial charge in [0.05, 0.1) is 20.6 Å². The Morgan fingerprint density at radius 3 is 2.41 bits per heavy atom. The topological polar surface area (TPSA) is 135 Å². The molecule has 1 aliphatic heterocycles. The van der Waals surface area contributed by atoms with Crippen LogP contribution >= 0.6 is 11.6 Å². The zero-order valence-corrected chi connectivity index (χ0v) is 25.9. The summed E-state index contributed by atoms with van der Waals surface area (Å²) < 4.78 is 17.8. The molecule has 0 bridgehead atoms. The van der Waals surface area contributed by atoms with E-state index in [1.54, 1.807) is 65.6 Å². The number of aryl methyl sites for hydroxylation is 1. The number of para-hydroxylation sites is 1. The Hall–Kier alpha value is -4.12. The van der Waals surface area contributed by atoms with Gasteiger partial charge in [0.1, 0.15) is 12.2 Å².